The van der Waals surface area contributed by atoms with E-state index < -0.39 is 0 Å². The van der Waals surface area contributed by atoms with Crippen molar-refractivity contribution in [2.75, 3.05) is 13.7 Å². The molecule has 0 atom stereocenters. The fraction of sp³-hybridized carbons (Fsp3) is 0.842. The molecule has 128 valence electrons. The molecule has 0 saturated heterocycles. The molecular weight excluding hydrogens is 277 g/mol. The molecule has 3 heteroatoms. The molecule has 0 spiro atoms. The second-order valence-electron chi connectivity index (χ2n) is 6.88. The summed E-state index contributed by atoms with van der Waals surface area (Å²) in [5, 5.41) is 3.42. The van der Waals surface area contributed by atoms with E-state index in [-0.39, 0.29) is 6.67 Å². The first kappa shape index (κ1) is 19.3. The Morgan fingerprint density at radius 3 is 1.95 bits per heavy atom. The zero-order valence-corrected chi connectivity index (χ0v) is 14.2. The van der Waals surface area contributed by atoms with Crippen molar-refractivity contribution in [1.82, 2.24) is 5.32 Å². The summed E-state index contributed by atoms with van der Waals surface area (Å²) in [5.74, 6) is 2.83. The number of halogens is 1. The summed E-state index contributed by atoms with van der Waals surface area (Å²) >= 11 is 0. The minimum Gasteiger partial charge on any atom is -0.317 e. The molecule has 2 rings (SSSR count). The average molecular weight is 311 g/mol. The lowest BCUT2D eigenvalue weighted by atomic mass is 9.70. The van der Waals surface area contributed by atoms with Gasteiger partial charge in [-0.25, -0.2) is 0 Å². The first-order valence-electron chi connectivity index (χ1n) is 9.04. The zero-order chi connectivity index (χ0) is 16.2. The highest BCUT2D eigenvalue weighted by molar-refractivity contribution is 5.63. The predicted molar refractivity (Wildman–Crippen MR) is 91.7 cm³/mol. The van der Waals surface area contributed by atoms with Gasteiger partial charge in [-0.1, -0.05) is 19.4 Å². The van der Waals surface area contributed by atoms with Gasteiger partial charge < -0.3 is 5.32 Å². The summed E-state index contributed by atoms with van der Waals surface area (Å²) in [4.78, 5) is 9.06. The minimum atomic E-state index is -0.117. The fourth-order valence-electron chi connectivity index (χ4n) is 4.19. The summed E-state index contributed by atoms with van der Waals surface area (Å²) < 4.78 is 12.2. The Hall–Kier alpha value is -0.700. The number of aldehydes is 1. The second kappa shape index (κ2) is 11.8. The van der Waals surface area contributed by atoms with Gasteiger partial charge in [-0.3, -0.25) is 9.18 Å². The van der Waals surface area contributed by atoms with E-state index in [0.717, 1.165) is 36.6 Å². The van der Waals surface area contributed by atoms with Crippen LogP contribution in [0.1, 0.15) is 64.2 Å². The highest BCUT2D eigenvalue weighted by Gasteiger charge is 2.30. The fourth-order valence-corrected chi connectivity index (χ4v) is 4.19. The van der Waals surface area contributed by atoms with Crippen molar-refractivity contribution in [3.05, 3.63) is 12.7 Å². The van der Waals surface area contributed by atoms with Gasteiger partial charge in [-0.2, -0.15) is 0 Å². The van der Waals surface area contributed by atoms with Gasteiger partial charge in [0.2, 0.25) is 0 Å². The van der Waals surface area contributed by atoms with E-state index in [0.29, 0.717) is 6.29 Å². The Morgan fingerprint density at radius 1 is 1.05 bits per heavy atom. The number of carbonyl (C=O) groups excluding carboxylic acids is 1. The van der Waals surface area contributed by atoms with Gasteiger partial charge in [0, 0.05) is 6.04 Å². The Bertz CT molecular complexity index is 286. The van der Waals surface area contributed by atoms with E-state index in [1.54, 1.807) is 0 Å². The van der Waals surface area contributed by atoms with Crippen LogP contribution < -0.4 is 5.32 Å². The summed E-state index contributed by atoms with van der Waals surface area (Å²) in [6, 6.07) is 0.780. The van der Waals surface area contributed by atoms with Crippen LogP contribution in [0.3, 0.4) is 0 Å². The van der Waals surface area contributed by atoms with Crippen molar-refractivity contribution in [2.45, 2.75) is 70.3 Å². The summed E-state index contributed by atoms with van der Waals surface area (Å²) in [7, 11) is 2.10. The Labute approximate surface area is 135 Å². The monoisotopic (exact) mass is 311 g/mol. The summed E-state index contributed by atoms with van der Waals surface area (Å²) in [6.07, 6.45) is 15.0. The van der Waals surface area contributed by atoms with Crippen molar-refractivity contribution in [3.8, 4) is 0 Å². The van der Waals surface area contributed by atoms with Gasteiger partial charge in [0.25, 0.3) is 0 Å². The molecule has 22 heavy (non-hydrogen) atoms. The molecule has 2 fully saturated rings. The first-order valence-corrected chi connectivity index (χ1v) is 9.04. The number of rotatable bonds is 6. The number of hydrogen-bond donors (Lipinski definition) is 1. The molecule has 0 aromatic rings. The Morgan fingerprint density at radius 2 is 1.55 bits per heavy atom. The van der Waals surface area contributed by atoms with Crippen molar-refractivity contribution < 1.29 is 9.18 Å². The van der Waals surface area contributed by atoms with Crippen LogP contribution in [0.5, 0.6) is 0 Å². The largest absolute Gasteiger partial charge is 0.317 e. The topological polar surface area (TPSA) is 29.1 Å². The molecule has 2 nitrogen and oxygen atoms in total. The molecule has 2 aliphatic rings. The van der Waals surface area contributed by atoms with Crippen molar-refractivity contribution >= 4 is 6.29 Å². The number of nitrogens with one attached hydrogen (secondary N) is 1. The molecule has 0 heterocycles. The maximum atomic E-state index is 12.2. The number of carbonyl (C=O) groups is 1. The molecule has 0 radical (unpaired) electrons. The predicted octanol–water partition coefficient (Wildman–Crippen LogP) is 4.69. The number of hydrogen-bond acceptors (Lipinski definition) is 2. The van der Waals surface area contributed by atoms with Gasteiger partial charge in [0.15, 0.2) is 0 Å². The van der Waals surface area contributed by atoms with E-state index >= 15 is 0 Å². The van der Waals surface area contributed by atoms with Crippen molar-refractivity contribution in [1.29, 1.82) is 0 Å². The molecule has 0 aromatic heterocycles. The van der Waals surface area contributed by atoms with Crippen molar-refractivity contribution in [3.63, 3.8) is 0 Å². The van der Waals surface area contributed by atoms with Gasteiger partial charge >= 0.3 is 0 Å². The highest BCUT2D eigenvalue weighted by Crippen LogP contribution is 2.40. The Balaban J connectivity index is 0.000000541. The third-order valence-corrected chi connectivity index (χ3v) is 5.58. The zero-order valence-electron chi connectivity index (χ0n) is 14.2. The lowest BCUT2D eigenvalue weighted by Gasteiger charge is -2.37. The third kappa shape index (κ3) is 7.04. The van der Waals surface area contributed by atoms with E-state index in [1.165, 1.54) is 57.4 Å². The molecule has 0 unspecified atom stereocenters. The maximum absolute atomic E-state index is 12.2. The van der Waals surface area contributed by atoms with Crippen LogP contribution in [0.4, 0.5) is 4.39 Å². The lowest BCUT2D eigenvalue weighted by molar-refractivity contribution is -0.104. The SMILES string of the molecule is C=CC=O.CNC1CCC(C2CCC(CCCF)CC2)CC1. The molecule has 0 aliphatic heterocycles. The maximum Gasteiger partial charge on any atom is 0.142 e. The van der Waals surface area contributed by atoms with Crippen LogP contribution in [-0.4, -0.2) is 26.1 Å². The molecule has 2 aliphatic carbocycles. The Kier molecular flexibility index (Phi) is 10.4. The van der Waals surface area contributed by atoms with Crippen LogP contribution in [-0.2, 0) is 4.79 Å². The number of alkyl halides is 1. The van der Waals surface area contributed by atoms with Crippen LogP contribution in [0.25, 0.3) is 0 Å². The van der Waals surface area contributed by atoms with Crippen LogP contribution >= 0.6 is 0 Å². The lowest BCUT2D eigenvalue weighted by Crippen LogP contribution is -2.33. The third-order valence-electron chi connectivity index (χ3n) is 5.58. The van der Waals surface area contributed by atoms with E-state index in [1.807, 2.05) is 0 Å². The summed E-state index contributed by atoms with van der Waals surface area (Å²) in [5.41, 5.74) is 0. The second-order valence-corrected chi connectivity index (χ2v) is 6.88. The molecule has 0 bridgehead atoms. The van der Waals surface area contributed by atoms with Gasteiger partial charge in [-0.15, -0.1) is 0 Å². The standard InChI is InChI=1S/C16H30FN.C3H4O/c1-18-16-10-8-15(9-11-16)14-6-4-13(5-7-14)3-2-12-17;1-2-3-4/h13-16,18H,2-12H2,1H3;2-3H,1H2. The minimum absolute atomic E-state index is 0.117. The molecule has 1 N–H and O–H groups in total. The van der Waals surface area contributed by atoms with Crippen molar-refractivity contribution in [2.24, 2.45) is 17.8 Å². The highest BCUT2D eigenvalue weighted by atomic mass is 19.1. The van der Waals surface area contributed by atoms with E-state index in [9.17, 15) is 4.39 Å². The molecule has 2 saturated carbocycles. The molecule has 0 aromatic carbocycles. The van der Waals surface area contributed by atoms with E-state index in [2.05, 4.69) is 18.9 Å². The molecule has 0 amide bonds. The average Bonchev–Trinajstić information content (AvgIpc) is 2.60. The molecular formula is C19H34FNO. The summed E-state index contributed by atoms with van der Waals surface area (Å²) in [6.45, 7) is 2.99. The smallest absolute Gasteiger partial charge is 0.142 e. The van der Waals surface area contributed by atoms with Gasteiger partial charge in [-0.05, 0) is 82.2 Å². The van der Waals surface area contributed by atoms with Gasteiger partial charge in [0.1, 0.15) is 6.29 Å². The van der Waals surface area contributed by atoms with Gasteiger partial charge in [0.05, 0.1) is 6.67 Å². The van der Waals surface area contributed by atoms with Crippen LogP contribution in [0.15, 0.2) is 12.7 Å². The van der Waals surface area contributed by atoms with Crippen LogP contribution in [0.2, 0.25) is 0 Å². The van der Waals surface area contributed by atoms with E-state index in [4.69, 9.17) is 4.79 Å². The normalized spacial score (nSPS) is 31.7. The quantitative estimate of drug-likeness (QED) is 0.569. The number of allylic oxidation sites excluding steroid dienone is 1. The first-order chi connectivity index (χ1) is 10.7. The van der Waals surface area contributed by atoms with Crippen LogP contribution in [0, 0.1) is 17.8 Å².